The molecule has 1 fully saturated rings. The SMILES string of the molecule is Cc1ccc(C)c(C2=C(O)CC3(CCOCC3)CC2=O)c1. The van der Waals surface area contributed by atoms with Gasteiger partial charge in [-0.3, -0.25) is 4.79 Å². The Bertz CT molecular complexity index is 607. The van der Waals surface area contributed by atoms with E-state index in [4.69, 9.17) is 4.74 Å². The Labute approximate surface area is 125 Å². The summed E-state index contributed by atoms with van der Waals surface area (Å²) in [4.78, 5) is 12.7. The van der Waals surface area contributed by atoms with E-state index in [1.54, 1.807) is 0 Å². The number of allylic oxidation sites excluding steroid dienone is 2. The first kappa shape index (κ1) is 14.3. The minimum absolute atomic E-state index is 0.0781. The zero-order chi connectivity index (χ0) is 15.0. The van der Waals surface area contributed by atoms with Crippen LogP contribution < -0.4 is 0 Å². The number of hydrogen-bond acceptors (Lipinski definition) is 3. The van der Waals surface area contributed by atoms with E-state index in [1.807, 2.05) is 32.0 Å². The lowest BCUT2D eigenvalue weighted by atomic mass is 9.67. The molecule has 0 aromatic heterocycles. The highest BCUT2D eigenvalue weighted by molar-refractivity contribution is 6.22. The molecule has 1 aliphatic carbocycles. The summed E-state index contributed by atoms with van der Waals surface area (Å²) in [6, 6.07) is 6.04. The maximum atomic E-state index is 12.7. The quantitative estimate of drug-likeness (QED) is 0.855. The minimum atomic E-state index is -0.0827. The van der Waals surface area contributed by atoms with E-state index in [-0.39, 0.29) is 17.0 Å². The fourth-order valence-corrected chi connectivity index (χ4v) is 3.56. The Kier molecular flexibility index (Phi) is 3.62. The van der Waals surface area contributed by atoms with Gasteiger partial charge in [0, 0.05) is 26.1 Å². The normalized spacial score (nSPS) is 21.9. The standard InChI is InChI=1S/C18H22O3/c1-12-3-4-13(2)14(9-12)17-15(19)10-18(11-16(17)20)5-7-21-8-6-18/h3-4,9,19H,5-8,10-11H2,1-2H3. The summed E-state index contributed by atoms with van der Waals surface area (Å²) in [5.74, 6) is 0.344. The molecule has 1 aliphatic heterocycles. The molecule has 0 amide bonds. The Morgan fingerprint density at radius 2 is 1.86 bits per heavy atom. The van der Waals surface area contributed by atoms with Crippen molar-refractivity contribution >= 4 is 11.4 Å². The van der Waals surface area contributed by atoms with E-state index in [1.165, 1.54) is 0 Å². The van der Waals surface area contributed by atoms with Crippen molar-refractivity contribution < 1.29 is 14.6 Å². The summed E-state index contributed by atoms with van der Waals surface area (Å²) >= 11 is 0. The van der Waals surface area contributed by atoms with E-state index in [0.29, 0.717) is 31.6 Å². The van der Waals surface area contributed by atoms with Gasteiger partial charge in [-0.25, -0.2) is 0 Å². The Hall–Kier alpha value is -1.61. The molecule has 1 saturated heterocycles. The smallest absolute Gasteiger partial charge is 0.167 e. The molecule has 0 atom stereocenters. The van der Waals surface area contributed by atoms with E-state index in [0.717, 1.165) is 29.5 Å². The van der Waals surface area contributed by atoms with Crippen LogP contribution in [0.25, 0.3) is 5.57 Å². The number of ether oxygens (including phenoxy) is 1. The van der Waals surface area contributed by atoms with Gasteiger partial charge >= 0.3 is 0 Å². The van der Waals surface area contributed by atoms with Crippen LogP contribution in [0.2, 0.25) is 0 Å². The largest absolute Gasteiger partial charge is 0.512 e. The third-order valence-electron chi connectivity index (χ3n) is 4.86. The first-order chi connectivity index (χ1) is 10.0. The molecule has 0 bridgehead atoms. The summed E-state index contributed by atoms with van der Waals surface area (Å²) < 4.78 is 5.40. The molecule has 1 aromatic carbocycles. The number of carbonyl (C=O) groups excluding carboxylic acids is 1. The van der Waals surface area contributed by atoms with Gasteiger partial charge < -0.3 is 9.84 Å². The second kappa shape index (κ2) is 5.30. The van der Waals surface area contributed by atoms with Gasteiger partial charge in [0.15, 0.2) is 5.78 Å². The second-order valence-corrected chi connectivity index (χ2v) is 6.53. The number of benzene rings is 1. The monoisotopic (exact) mass is 286 g/mol. The molecule has 0 saturated carbocycles. The molecular weight excluding hydrogens is 264 g/mol. The van der Waals surface area contributed by atoms with Crippen molar-refractivity contribution in [2.75, 3.05) is 13.2 Å². The first-order valence-electron chi connectivity index (χ1n) is 7.61. The molecular formula is C18H22O3. The van der Waals surface area contributed by atoms with Crippen molar-refractivity contribution in [1.29, 1.82) is 0 Å². The van der Waals surface area contributed by atoms with Crippen LogP contribution in [0.15, 0.2) is 24.0 Å². The maximum Gasteiger partial charge on any atom is 0.167 e. The average Bonchev–Trinajstić information content (AvgIpc) is 2.42. The molecule has 0 radical (unpaired) electrons. The molecule has 1 aromatic rings. The van der Waals surface area contributed by atoms with Gasteiger partial charge in [0.1, 0.15) is 5.76 Å². The van der Waals surface area contributed by atoms with Gasteiger partial charge in [0.2, 0.25) is 0 Å². The molecule has 1 N–H and O–H groups in total. The highest BCUT2D eigenvalue weighted by Gasteiger charge is 2.41. The Morgan fingerprint density at radius 1 is 1.14 bits per heavy atom. The lowest BCUT2D eigenvalue weighted by Gasteiger charge is -2.39. The lowest BCUT2D eigenvalue weighted by molar-refractivity contribution is -0.118. The van der Waals surface area contributed by atoms with Gasteiger partial charge in [0.25, 0.3) is 0 Å². The van der Waals surface area contributed by atoms with Crippen molar-refractivity contribution in [2.24, 2.45) is 5.41 Å². The summed E-state index contributed by atoms with van der Waals surface area (Å²) in [5, 5.41) is 10.5. The number of aliphatic hydroxyl groups is 1. The predicted octanol–water partition coefficient (Wildman–Crippen LogP) is 3.73. The van der Waals surface area contributed by atoms with Crippen molar-refractivity contribution in [1.82, 2.24) is 0 Å². The second-order valence-electron chi connectivity index (χ2n) is 6.53. The number of aliphatic hydroxyl groups excluding tert-OH is 1. The van der Waals surface area contributed by atoms with Crippen LogP contribution in [0.5, 0.6) is 0 Å². The summed E-state index contributed by atoms with van der Waals surface area (Å²) in [7, 11) is 0. The van der Waals surface area contributed by atoms with Gasteiger partial charge in [0.05, 0.1) is 5.57 Å². The van der Waals surface area contributed by atoms with Gasteiger partial charge in [-0.1, -0.05) is 23.8 Å². The van der Waals surface area contributed by atoms with Gasteiger partial charge in [-0.15, -0.1) is 0 Å². The molecule has 1 heterocycles. The summed E-state index contributed by atoms with van der Waals surface area (Å²) in [6.07, 6.45) is 2.86. The molecule has 3 heteroatoms. The number of aryl methyl sites for hydroxylation is 2. The van der Waals surface area contributed by atoms with E-state index in [9.17, 15) is 9.90 Å². The highest BCUT2D eigenvalue weighted by atomic mass is 16.5. The fourth-order valence-electron chi connectivity index (χ4n) is 3.56. The molecule has 3 rings (SSSR count). The Morgan fingerprint density at radius 3 is 2.52 bits per heavy atom. The molecule has 2 aliphatic rings. The number of hydrogen-bond donors (Lipinski definition) is 1. The van der Waals surface area contributed by atoms with Crippen LogP contribution in [-0.4, -0.2) is 24.1 Å². The van der Waals surface area contributed by atoms with Crippen LogP contribution in [0.3, 0.4) is 0 Å². The van der Waals surface area contributed by atoms with Gasteiger partial charge in [-0.2, -0.15) is 0 Å². The van der Waals surface area contributed by atoms with Crippen LogP contribution in [0, 0.1) is 19.3 Å². The van der Waals surface area contributed by atoms with E-state index >= 15 is 0 Å². The third kappa shape index (κ3) is 2.62. The number of Topliss-reactive ketones (excluding diaryl/α,β-unsaturated/α-hetero) is 1. The summed E-state index contributed by atoms with van der Waals surface area (Å²) in [5.41, 5.74) is 3.49. The van der Waals surface area contributed by atoms with E-state index in [2.05, 4.69) is 0 Å². The minimum Gasteiger partial charge on any atom is -0.512 e. The van der Waals surface area contributed by atoms with Crippen LogP contribution >= 0.6 is 0 Å². The van der Waals surface area contributed by atoms with Gasteiger partial charge in [-0.05, 0) is 43.2 Å². The third-order valence-corrected chi connectivity index (χ3v) is 4.86. The van der Waals surface area contributed by atoms with Crippen molar-refractivity contribution in [3.8, 4) is 0 Å². The zero-order valence-electron chi connectivity index (χ0n) is 12.7. The van der Waals surface area contributed by atoms with Crippen molar-refractivity contribution in [3.05, 3.63) is 40.6 Å². The highest BCUT2D eigenvalue weighted by Crippen LogP contribution is 2.46. The van der Waals surface area contributed by atoms with Crippen LogP contribution in [0.4, 0.5) is 0 Å². The molecule has 3 nitrogen and oxygen atoms in total. The number of rotatable bonds is 1. The molecule has 0 unspecified atom stereocenters. The van der Waals surface area contributed by atoms with E-state index < -0.39 is 0 Å². The Balaban J connectivity index is 2.01. The van der Waals surface area contributed by atoms with Crippen molar-refractivity contribution in [2.45, 2.75) is 39.5 Å². The first-order valence-corrected chi connectivity index (χ1v) is 7.61. The number of ketones is 1. The lowest BCUT2D eigenvalue weighted by Crippen LogP contribution is -2.36. The zero-order valence-corrected chi connectivity index (χ0v) is 12.7. The predicted molar refractivity (Wildman–Crippen MR) is 82.2 cm³/mol. The average molecular weight is 286 g/mol. The van der Waals surface area contributed by atoms with Crippen LogP contribution in [0.1, 0.15) is 42.4 Å². The topological polar surface area (TPSA) is 46.5 Å². The maximum absolute atomic E-state index is 12.7. The number of carbonyl (C=O) groups is 1. The van der Waals surface area contributed by atoms with Crippen molar-refractivity contribution in [3.63, 3.8) is 0 Å². The molecule has 1 spiro atoms. The van der Waals surface area contributed by atoms with Crippen LogP contribution in [-0.2, 0) is 9.53 Å². The molecule has 21 heavy (non-hydrogen) atoms. The fraction of sp³-hybridized carbons (Fsp3) is 0.500. The molecule has 112 valence electrons. The summed E-state index contributed by atoms with van der Waals surface area (Å²) in [6.45, 7) is 5.38.